The highest BCUT2D eigenvalue weighted by Crippen LogP contribution is 2.29. The largest absolute Gasteiger partial charge is 0.326 e. The van der Waals surface area contributed by atoms with E-state index < -0.39 is 22.7 Å². The molecule has 4 aromatic rings. The van der Waals surface area contributed by atoms with Crippen molar-refractivity contribution in [2.45, 2.75) is 17.7 Å². The number of hydrogen-bond donors (Lipinski definition) is 2. The zero-order chi connectivity index (χ0) is 22.2. The standard InChI is InChI=1S/C22H17N5O3S2/c1-13-7-8-18(31-13)16-10-19(32(30)12-14-5-3-2-4-6-14)27-20(24-16)15(11-23-27)9-17-21(28)26-22(29)25-17/h2-11H,12H2,1H3,(H2,25,26,28,29)/b17-9-. The van der Waals surface area contributed by atoms with E-state index in [1.807, 2.05) is 49.4 Å². The summed E-state index contributed by atoms with van der Waals surface area (Å²) in [5.74, 6) is -0.190. The van der Waals surface area contributed by atoms with Crippen molar-refractivity contribution in [1.82, 2.24) is 25.2 Å². The maximum absolute atomic E-state index is 13.4. The number of aromatic nitrogens is 3. The van der Waals surface area contributed by atoms with Crippen LogP contribution in [0.15, 0.2) is 65.5 Å². The number of hydrogen-bond acceptors (Lipinski definition) is 6. The second-order valence-corrected chi connectivity index (χ2v) is 9.85. The molecule has 1 unspecified atom stereocenters. The Bertz CT molecular complexity index is 1420. The number of thiophene rings is 1. The molecular weight excluding hydrogens is 446 g/mol. The van der Waals surface area contributed by atoms with Gasteiger partial charge in [0.05, 0.1) is 33.3 Å². The van der Waals surface area contributed by atoms with Crippen molar-refractivity contribution in [2.24, 2.45) is 0 Å². The number of carbonyl (C=O) groups excluding carboxylic acids is 2. The molecule has 1 saturated heterocycles. The maximum atomic E-state index is 13.4. The van der Waals surface area contributed by atoms with Crippen molar-refractivity contribution in [2.75, 3.05) is 0 Å². The van der Waals surface area contributed by atoms with Gasteiger partial charge in [-0.05, 0) is 30.7 Å². The first-order valence-electron chi connectivity index (χ1n) is 9.70. The predicted molar refractivity (Wildman–Crippen MR) is 122 cm³/mol. The van der Waals surface area contributed by atoms with Gasteiger partial charge >= 0.3 is 6.03 Å². The summed E-state index contributed by atoms with van der Waals surface area (Å²) in [6, 6.07) is 14.8. The number of carbonyl (C=O) groups is 2. The minimum Gasteiger partial charge on any atom is -0.303 e. The molecule has 8 nitrogen and oxygen atoms in total. The van der Waals surface area contributed by atoms with Crippen molar-refractivity contribution in [1.29, 1.82) is 0 Å². The van der Waals surface area contributed by atoms with Crippen LogP contribution in [0.4, 0.5) is 4.79 Å². The van der Waals surface area contributed by atoms with Crippen LogP contribution in [0.2, 0.25) is 0 Å². The van der Waals surface area contributed by atoms with E-state index >= 15 is 0 Å². The maximum Gasteiger partial charge on any atom is 0.326 e. The fourth-order valence-electron chi connectivity index (χ4n) is 3.35. The SMILES string of the molecule is Cc1ccc(-c2cc(S(=O)Cc3ccccc3)n3ncc(/C=C4\NC(=O)NC4=O)c3n2)s1. The van der Waals surface area contributed by atoms with Crippen LogP contribution < -0.4 is 10.6 Å². The number of aryl methyl sites for hydroxylation is 1. The van der Waals surface area contributed by atoms with Crippen LogP contribution in [0.3, 0.4) is 0 Å². The summed E-state index contributed by atoms with van der Waals surface area (Å²) in [5.41, 5.74) is 2.71. The Hall–Kier alpha value is -3.63. The van der Waals surface area contributed by atoms with Crippen LogP contribution in [0.5, 0.6) is 0 Å². The Balaban J connectivity index is 1.64. The molecule has 0 aliphatic carbocycles. The number of fused-ring (bicyclic) bond motifs is 1. The summed E-state index contributed by atoms with van der Waals surface area (Å²) in [4.78, 5) is 30.2. The molecule has 0 radical (unpaired) electrons. The van der Waals surface area contributed by atoms with Gasteiger partial charge in [-0.15, -0.1) is 11.3 Å². The zero-order valence-corrected chi connectivity index (χ0v) is 18.5. The third-order valence-electron chi connectivity index (χ3n) is 4.85. The molecule has 1 aromatic carbocycles. The van der Waals surface area contributed by atoms with Crippen LogP contribution in [-0.2, 0) is 21.3 Å². The summed E-state index contributed by atoms with van der Waals surface area (Å²) in [6.07, 6.45) is 3.06. The molecule has 4 heterocycles. The second kappa shape index (κ2) is 8.13. The molecule has 0 spiro atoms. The Morgan fingerprint density at radius 2 is 1.94 bits per heavy atom. The van der Waals surface area contributed by atoms with Crippen molar-refractivity contribution in [3.63, 3.8) is 0 Å². The number of urea groups is 1. The quantitative estimate of drug-likeness (QED) is 0.269. The van der Waals surface area contributed by atoms with E-state index in [0.717, 1.165) is 15.3 Å². The van der Waals surface area contributed by atoms with Gasteiger partial charge in [0.2, 0.25) is 0 Å². The summed E-state index contributed by atoms with van der Waals surface area (Å²) >= 11 is 1.59. The highest BCUT2D eigenvalue weighted by molar-refractivity contribution is 7.84. The van der Waals surface area contributed by atoms with Gasteiger partial charge in [-0.1, -0.05) is 30.3 Å². The average molecular weight is 464 g/mol. The molecule has 32 heavy (non-hydrogen) atoms. The van der Waals surface area contributed by atoms with Gasteiger partial charge in [0.15, 0.2) is 5.65 Å². The molecule has 1 aliphatic heterocycles. The Morgan fingerprint density at radius 1 is 1.12 bits per heavy atom. The predicted octanol–water partition coefficient (Wildman–Crippen LogP) is 3.25. The molecule has 0 saturated carbocycles. The molecule has 10 heteroatoms. The molecule has 1 atom stereocenters. The molecular formula is C22H17N5O3S2. The number of amides is 3. The Kier molecular flexibility index (Phi) is 5.16. The lowest BCUT2D eigenvalue weighted by molar-refractivity contribution is -0.115. The number of rotatable bonds is 5. The fraction of sp³-hybridized carbons (Fsp3) is 0.0909. The topological polar surface area (TPSA) is 105 Å². The summed E-state index contributed by atoms with van der Waals surface area (Å²) < 4.78 is 14.9. The first-order valence-corrected chi connectivity index (χ1v) is 11.8. The molecule has 3 aromatic heterocycles. The van der Waals surface area contributed by atoms with Crippen molar-refractivity contribution in [3.8, 4) is 10.6 Å². The van der Waals surface area contributed by atoms with Gasteiger partial charge in [0.25, 0.3) is 5.91 Å². The number of benzene rings is 1. The third-order valence-corrected chi connectivity index (χ3v) is 7.23. The van der Waals surface area contributed by atoms with E-state index in [0.29, 0.717) is 27.7 Å². The van der Waals surface area contributed by atoms with Gasteiger partial charge in [0.1, 0.15) is 10.7 Å². The lowest BCUT2D eigenvalue weighted by Gasteiger charge is -2.08. The van der Waals surface area contributed by atoms with Gasteiger partial charge in [0, 0.05) is 16.5 Å². The smallest absolute Gasteiger partial charge is 0.303 e. The third kappa shape index (κ3) is 3.85. The molecule has 3 amide bonds. The summed E-state index contributed by atoms with van der Waals surface area (Å²) in [6.45, 7) is 2.01. The summed E-state index contributed by atoms with van der Waals surface area (Å²) in [7, 11) is -1.39. The van der Waals surface area contributed by atoms with Crippen molar-refractivity contribution in [3.05, 3.63) is 76.4 Å². The second-order valence-electron chi connectivity index (χ2n) is 7.17. The van der Waals surface area contributed by atoms with E-state index in [9.17, 15) is 13.8 Å². The molecule has 1 fully saturated rings. The van der Waals surface area contributed by atoms with Crippen LogP contribution in [0.25, 0.3) is 22.3 Å². The minimum atomic E-state index is -1.39. The first kappa shape index (κ1) is 20.3. The van der Waals surface area contributed by atoms with Crippen LogP contribution >= 0.6 is 11.3 Å². The van der Waals surface area contributed by atoms with Crippen LogP contribution in [0.1, 0.15) is 16.0 Å². The number of nitrogens with zero attached hydrogens (tertiary/aromatic N) is 3. The first-order chi connectivity index (χ1) is 15.5. The van der Waals surface area contributed by atoms with Gasteiger partial charge in [-0.2, -0.15) is 5.10 Å². The van der Waals surface area contributed by atoms with Crippen LogP contribution in [-0.4, -0.2) is 30.7 Å². The highest BCUT2D eigenvalue weighted by Gasteiger charge is 2.24. The van der Waals surface area contributed by atoms with Crippen molar-refractivity contribution < 1.29 is 13.8 Å². The molecule has 160 valence electrons. The Morgan fingerprint density at radius 3 is 2.62 bits per heavy atom. The Labute approximate surface area is 189 Å². The molecule has 0 bridgehead atoms. The minimum absolute atomic E-state index is 0.107. The van der Waals surface area contributed by atoms with Gasteiger partial charge in [-0.25, -0.2) is 14.3 Å². The van der Waals surface area contributed by atoms with Gasteiger partial charge in [-0.3, -0.25) is 14.3 Å². The number of nitrogens with one attached hydrogen (secondary N) is 2. The monoisotopic (exact) mass is 463 g/mol. The zero-order valence-electron chi connectivity index (χ0n) is 16.9. The lowest BCUT2D eigenvalue weighted by atomic mass is 10.2. The number of imide groups is 1. The van der Waals surface area contributed by atoms with E-state index in [2.05, 4.69) is 15.7 Å². The normalized spacial score (nSPS) is 15.8. The van der Waals surface area contributed by atoms with Crippen molar-refractivity contribution >= 4 is 45.8 Å². The lowest BCUT2D eigenvalue weighted by Crippen LogP contribution is -2.22. The highest BCUT2D eigenvalue weighted by atomic mass is 32.2. The van der Waals surface area contributed by atoms with E-state index in [1.165, 1.54) is 10.6 Å². The molecule has 1 aliphatic rings. The molecule has 2 N–H and O–H groups in total. The average Bonchev–Trinajstić information content (AvgIpc) is 3.47. The molecule has 5 rings (SSSR count). The van der Waals surface area contributed by atoms with Gasteiger partial charge < -0.3 is 5.32 Å². The summed E-state index contributed by atoms with van der Waals surface area (Å²) in [5, 5.41) is 9.52. The van der Waals surface area contributed by atoms with E-state index in [4.69, 9.17) is 4.98 Å². The van der Waals surface area contributed by atoms with E-state index in [-0.39, 0.29) is 5.70 Å². The van der Waals surface area contributed by atoms with E-state index in [1.54, 1.807) is 23.6 Å². The van der Waals surface area contributed by atoms with Crippen LogP contribution in [0, 0.1) is 6.92 Å². The fourth-order valence-corrected chi connectivity index (χ4v) is 5.39.